The first-order valence-corrected chi connectivity index (χ1v) is 7.01. The van der Waals surface area contributed by atoms with Crippen molar-refractivity contribution in [1.29, 1.82) is 0 Å². The second kappa shape index (κ2) is 6.22. The maximum atomic E-state index is 5.78. The van der Waals surface area contributed by atoms with Crippen molar-refractivity contribution in [1.82, 2.24) is 15.2 Å². The van der Waals surface area contributed by atoms with Crippen molar-refractivity contribution in [3.05, 3.63) is 66.0 Å². The lowest BCUT2D eigenvalue weighted by Gasteiger charge is -2.07. The second-order valence-electron chi connectivity index (χ2n) is 4.81. The average Bonchev–Trinajstić information content (AvgIpc) is 3.08. The Balaban J connectivity index is 1.65. The number of nitrogens with zero attached hydrogens (tertiary/aromatic N) is 2. The Morgan fingerprint density at radius 2 is 2.00 bits per heavy atom. The molecule has 0 unspecified atom stereocenters. The predicted molar refractivity (Wildman–Crippen MR) is 82.0 cm³/mol. The van der Waals surface area contributed by atoms with Crippen LogP contribution >= 0.6 is 0 Å². The maximum Gasteiger partial charge on any atom is 0.138 e. The largest absolute Gasteiger partial charge is 0.487 e. The van der Waals surface area contributed by atoms with E-state index in [4.69, 9.17) is 4.74 Å². The zero-order chi connectivity index (χ0) is 14.5. The summed E-state index contributed by atoms with van der Waals surface area (Å²) in [5.41, 5.74) is 4.25. The summed E-state index contributed by atoms with van der Waals surface area (Å²) in [6, 6.07) is 14.2. The molecule has 106 valence electrons. The van der Waals surface area contributed by atoms with Crippen LogP contribution in [0.1, 0.15) is 18.1 Å². The Bertz CT molecular complexity index is 690. The van der Waals surface area contributed by atoms with Crippen molar-refractivity contribution in [3.63, 3.8) is 0 Å². The van der Waals surface area contributed by atoms with Crippen LogP contribution < -0.4 is 4.74 Å². The molecule has 0 aliphatic rings. The highest BCUT2D eigenvalue weighted by Crippen LogP contribution is 2.18. The van der Waals surface area contributed by atoms with Crippen LogP contribution in [0.4, 0.5) is 0 Å². The topological polar surface area (TPSA) is 50.8 Å². The van der Waals surface area contributed by atoms with Crippen LogP contribution in [0.2, 0.25) is 0 Å². The normalized spacial score (nSPS) is 10.5. The van der Waals surface area contributed by atoms with E-state index < -0.39 is 0 Å². The number of pyridine rings is 1. The molecule has 2 heterocycles. The Morgan fingerprint density at radius 1 is 1.10 bits per heavy atom. The van der Waals surface area contributed by atoms with Crippen LogP contribution in [-0.2, 0) is 13.0 Å². The van der Waals surface area contributed by atoms with Gasteiger partial charge in [0.05, 0.1) is 17.6 Å². The molecule has 0 aliphatic heterocycles. The van der Waals surface area contributed by atoms with E-state index in [1.54, 1.807) is 12.4 Å². The summed E-state index contributed by atoms with van der Waals surface area (Å²) in [6.45, 7) is 2.71. The Kier molecular flexibility index (Phi) is 3.96. The van der Waals surface area contributed by atoms with Gasteiger partial charge in [-0.3, -0.25) is 10.1 Å². The SMILES string of the molecule is CCc1cccc(COc2ccc(-c3ccn[nH]3)nc2)c1. The second-order valence-corrected chi connectivity index (χ2v) is 4.81. The van der Waals surface area contributed by atoms with Gasteiger partial charge in [0.1, 0.15) is 12.4 Å². The Labute approximate surface area is 123 Å². The van der Waals surface area contributed by atoms with Crippen LogP contribution in [0.3, 0.4) is 0 Å². The van der Waals surface area contributed by atoms with E-state index in [9.17, 15) is 0 Å². The van der Waals surface area contributed by atoms with Gasteiger partial charge in [0, 0.05) is 6.20 Å². The quantitative estimate of drug-likeness (QED) is 0.776. The molecule has 0 bridgehead atoms. The number of H-pyrrole nitrogens is 1. The van der Waals surface area contributed by atoms with Gasteiger partial charge in [0.2, 0.25) is 0 Å². The average molecular weight is 279 g/mol. The first kappa shape index (κ1) is 13.4. The molecule has 0 radical (unpaired) electrons. The molecule has 3 aromatic rings. The molecule has 4 nitrogen and oxygen atoms in total. The van der Waals surface area contributed by atoms with Gasteiger partial charge in [-0.1, -0.05) is 31.2 Å². The standard InChI is InChI=1S/C17H17N3O/c1-2-13-4-3-5-14(10-13)12-21-15-6-7-16(18-11-15)17-8-9-19-20-17/h3-11H,2,12H2,1H3,(H,19,20). The number of aromatic nitrogens is 3. The number of nitrogens with one attached hydrogen (secondary N) is 1. The molecule has 1 N–H and O–H groups in total. The summed E-state index contributed by atoms with van der Waals surface area (Å²) in [7, 11) is 0. The molecule has 0 spiro atoms. The zero-order valence-corrected chi connectivity index (χ0v) is 11.9. The van der Waals surface area contributed by atoms with Crippen molar-refractivity contribution < 1.29 is 4.74 Å². The van der Waals surface area contributed by atoms with Gasteiger partial charge in [0.25, 0.3) is 0 Å². The van der Waals surface area contributed by atoms with Crippen molar-refractivity contribution in [2.75, 3.05) is 0 Å². The summed E-state index contributed by atoms with van der Waals surface area (Å²) in [5, 5.41) is 6.81. The molecule has 2 aromatic heterocycles. The summed E-state index contributed by atoms with van der Waals surface area (Å²) in [5.74, 6) is 0.764. The van der Waals surface area contributed by atoms with Crippen molar-refractivity contribution in [2.45, 2.75) is 20.0 Å². The third-order valence-electron chi connectivity index (χ3n) is 3.32. The molecule has 0 aliphatic carbocycles. The summed E-state index contributed by atoms with van der Waals surface area (Å²) in [4.78, 5) is 4.37. The Hall–Kier alpha value is -2.62. The van der Waals surface area contributed by atoms with E-state index in [1.807, 2.05) is 18.2 Å². The lowest BCUT2D eigenvalue weighted by molar-refractivity contribution is 0.305. The fraction of sp³-hybridized carbons (Fsp3) is 0.176. The molecule has 0 amide bonds. The molecular weight excluding hydrogens is 262 g/mol. The highest BCUT2D eigenvalue weighted by Gasteiger charge is 2.02. The van der Waals surface area contributed by atoms with Crippen molar-refractivity contribution >= 4 is 0 Å². The molecule has 3 rings (SSSR count). The lowest BCUT2D eigenvalue weighted by Crippen LogP contribution is -1.97. The highest BCUT2D eigenvalue weighted by atomic mass is 16.5. The zero-order valence-electron chi connectivity index (χ0n) is 11.9. The minimum Gasteiger partial charge on any atom is -0.487 e. The van der Waals surface area contributed by atoms with Gasteiger partial charge < -0.3 is 4.74 Å². The van der Waals surface area contributed by atoms with Crippen LogP contribution in [0.5, 0.6) is 5.75 Å². The van der Waals surface area contributed by atoms with Gasteiger partial charge >= 0.3 is 0 Å². The number of benzene rings is 1. The molecule has 0 saturated heterocycles. The molecular formula is C17H17N3O. The Morgan fingerprint density at radius 3 is 2.71 bits per heavy atom. The molecule has 1 aromatic carbocycles. The minimum absolute atomic E-state index is 0.554. The van der Waals surface area contributed by atoms with E-state index in [0.29, 0.717) is 6.61 Å². The van der Waals surface area contributed by atoms with Crippen LogP contribution in [0.15, 0.2) is 54.9 Å². The van der Waals surface area contributed by atoms with E-state index >= 15 is 0 Å². The van der Waals surface area contributed by atoms with Gasteiger partial charge in [-0.05, 0) is 35.7 Å². The third kappa shape index (κ3) is 3.28. The summed E-state index contributed by atoms with van der Waals surface area (Å²) < 4.78 is 5.78. The number of ether oxygens (including phenoxy) is 1. The first-order chi connectivity index (χ1) is 10.3. The van der Waals surface area contributed by atoms with Crippen molar-refractivity contribution in [2.24, 2.45) is 0 Å². The summed E-state index contributed by atoms with van der Waals surface area (Å²) in [6.07, 6.45) is 4.48. The van der Waals surface area contributed by atoms with Crippen LogP contribution in [0, 0.1) is 0 Å². The first-order valence-electron chi connectivity index (χ1n) is 7.01. The molecule has 0 fully saturated rings. The van der Waals surface area contributed by atoms with E-state index in [0.717, 1.165) is 23.6 Å². The van der Waals surface area contributed by atoms with Crippen LogP contribution in [0.25, 0.3) is 11.4 Å². The fourth-order valence-electron chi connectivity index (χ4n) is 2.13. The number of hydrogen-bond donors (Lipinski definition) is 1. The van der Waals surface area contributed by atoms with Crippen molar-refractivity contribution in [3.8, 4) is 17.1 Å². The molecule has 21 heavy (non-hydrogen) atoms. The highest BCUT2D eigenvalue weighted by molar-refractivity contribution is 5.53. The van der Waals surface area contributed by atoms with Gasteiger partial charge in [-0.2, -0.15) is 5.10 Å². The molecule has 0 atom stereocenters. The van der Waals surface area contributed by atoms with E-state index in [-0.39, 0.29) is 0 Å². The lowest BCUT2D eigenvalue weighted by atomic mass is 10.1. The van der Waals surface area contributed by atoms with Gasteiger partial charge in [0.15, 0.2) is 0 Å². The predicted octanol–water partition coefficient (Wildman–Crippen LogP) is 3.61. The van der Waals surface area contributed by atoms with Gasteiger partial charge in [-0.25, -0.2) is 0 Å². The molecule has 4 heteroatoms. The number of hydrogen-bond acceptors (Lipinski definition) is 3. The molecule has 0 saturated carbocycles. The number of rotatable bonds is 5. The number of aromatic amines is 1. The maximum absolute atomic E-state index is 5.78. The van der Waals surface area contributed by atoms with Gasteiger partial charge in [-0.15, -0.1) is 0 Å². The monoisotopic (exact) mass is 279 g/mol. The van der Waals surface area contributed by atoms with Crippen LogP contribution in [-0.4, -0.2) is 15.2 Å². The summed E-state index contributed by atoms with van der Waals surface area (Å²) >= 11 is 0. The fourth-order valence-corrected chi connectivity index (χ4v) is 2.13. The smallest absolute Gasteiger partial charge is 0.138 e. The third-order valence-corrected chi connectivity index (χ3v) is 3.32. The number of aryl methyl sites for hydroxylation is 1. The van der Waals surface area contributed by atoms with E-state index in [1.165, 1.54) is 11.1 Å². The minimum atomic E-state index is 0.554. The van der Waals surface area contributed by atoms with E-state index in [2.05, 4.69) is 46.4 Å².